The summed E-state index contributed by atoms with van der Waals surface area (Å²) in [6, 6.07) is 4.96. The van der Waals surface area contributed by atoms with Crippen LogP contribution in [0.5, 0.6) is 5.75 Å². The highest BCUT2D eigenvalue weighted by molar-refractivity contribution is 5.30. The fraction of sp³-hybridized carbons (Fsp3) is 0.571. The van der Waals surface area contributed by atoms with Crippen LogP contribution in [0.1, 0.15) is 44.7 Å². The zero-order valence-corrected chi connectivity index (χ0v) is 11.4. The van der Waals surface area contributed by atoms with E-state index in [0.29, 0.717) is 5.92 Å². The molecule has 1 aromatic carbocycles. The highest BCUT2D eigenvalue weighted by Gasteiger charge is 2.12. The number of nitrogens with one attached hydrogen (secondary N) is 1. The molecule has 0 amide bonds. The fourth-order valence-electron chi connectivity index (χ4n) is 1.98. The molecule has 1 aromatic rings. The second-order valence-corrected chi connectivity index (χ2v) is 4.94. The molecular formula is C14H23FN2O. The van der Waals surface area contributed by atoms with Crippen molar-refractivity contribution in [2.45, 2.75) is 39.2 Å². The van der Waals surface area contributed by atoms with Gasteiger partial charge >= 0.3 is 0 Å². The SMILES string of the molecule is COc1ccc(C(CCCC(C)C)NN)cc1F. The van der Waals surface area contributed by atoms with Gasteiger partial charge in [-0.1, -0.05) is 32.8 Å². The lowest BCUT2D eigenvalue weighted by Gasteiger charge is -2.17. The molecule has 1 rings (SSSR count). The molecule has 0 radical (unpaired) electrons. The Bertz CT molecular complexity index is 369. The molecule has 102 valence electrons. The minimum absolute atomic E-state index is 0.0100. The van der Waals surface area contributed by atoms with Crippen molar-refractivity contribution in [3.05, 3.63) is 29.6 Å². The maximum absolute atomic E-state index is 13.6. The number of benzene rings is 1. The summed E-state index contributed by atoms with van der Waals surface area (Å²) in [5.41, 5.74) is 3.61. The quantitative estimate of drug-likeness (QED) is 0.580. The summed E-state index contributed by atoms with van der Waals surface area (Å²) in [4.78, 5) is 0. The summed E-state index contributed by atoms with van der Waals surface area (Å²) in [6.07, 6.45) is 3.12. The molecule has 0 bridgehead atoms. The van der Waals surface area contributed by atoms with Crippen LogP contribution in [-0.2, 0) is 0 Å². The third kappa shape index (κ3) is 4.27. The van der Waals surface area contributed by atoms with Crippen LogP contribution in [-0.4, -0.2) is 7.11 Å². The van der Waals surface area contributed by atoms with Gasteiger partial charge in [-0.2, -0.15) is 0 Å². The van der Waals surface area contributed by atoms with Crippen LogP contribution in [0.2, 0.25) is 0 Å². The van der Waals surface area contributed by atoms with Crippen LogP contribution in [0.3, 0.4) is 0 Å². The zero-order chi connectivity index (χ0) is 13.5. The number of hydrogen-bond acceptors (Lipinski definition) is 3. The summed E-state index contributed by atoms with van der Waals surface area (Å²) >= 11 is 0. The molecule has 0 fully saturated rings. The van der Waals surface area contributed by atoms with Gasteiger partial charge in [-0.05, 0) is 30.0 Å². The molecule has 0 aliphatic rings. The molecule has 18 heavy (non-hydrogen) atoms. The number of ether oxygens (including phenoxy) is 1. The number of methoxy groups -OCH3 is 1. The van der Waals surface area contributed by atoms with E-state index in [1.165, 1.54) is 13.2 Å². The number of hydrogen-bond donors (Lipinski definition) is 2. The van der Waals surface area contributed by atoms with Crippen molar-refractivity contribution in [1.82, 2.24) is 5.43 Å². The van der Waals surface area contributed by atoms with Gasteiger partial charge in [0.1, 0.15) is 0 Å². The zero-order valence-electron chi connectivity index (χ0n) is 11.4. The van der Waals surface area contributed by atoms with Crippen LogP contribution in [0, 0.1) is 11.7 Å². The lowest BCUT2D eigenvalue weighted by Crippen LogP contribution is -2.28. The van der Waals surface area contributed by atoms with Crippen molar-refractivity contribution in [2.75, 3.05) is 7.11 Å². The van der Waals surface area contributed by atoms with Gasteiger partial charge in [-0.15, -0.1) is 0 Å². The lowest BCUT2D eigenvalue weighted by atomic mass is 9.98. The number of halogens is 1. The number of rotatable bonds is 7. The first kappa shape index (κ1) is 14.9. The summed E-state index contributed by atoms with van der Waals surface area (Å²) in [5.74, 6) is 6.13. The molecule has 1 unspecified atom stereocenters. The van der Waals surface area contributed by atoms with Gasteiger partial charge in [-0.25, -0.2) is 4.39 Å². The van der Waals surface area contributed by atoms with Crippen LogP contribution < -0.4 is 16.0 Å². The van der Waals surface area contributed by atoms with E-state index in [1.54, 1.807) is 6.07 Å². The van der Waals surface area contributed by atoms with Crippen molar-refractivity contribution < 1.29 is 9.13 Å². The summed E-state index contributed by atoms with van der Waals surface area (Å²) in [6.45, 7) is 4.38. The van der Waals surface area contributed by atoms with Crippen LogP contribution in [0.15, 0.2) is 18.2 Å². The molecule has 0 saturated carbocycles. The predicted molar refractivity (Wildman–Crippen MR) is 71.7 cm³/mol. The van der Waals surface area contributed by atoms with E-state index in [2.05, 4.69) is 19.3 Å². The first-order valence-corrected chi connectivity index (χ1v) is 6.38. The molecular weight excluding hydrogens is 231 g/mol. The van der Waals surface area contributed by atoms with Gasteiger partial charge < -0.3 is 4.74 Å². The third-order valence-electron chi connectivity index (χ3n) is 3.05. The Morgan fingerprint density at radius 3 is 2.56 bits per heavy atom. The van der Waals surface area contributed by atoms with Gasteiger partial charge in [-0.3, -0.25) is 11.3 Å². The van der Waals surface area contributed by atoms with Gasteiger partial charge in [0.05, 0.1) is 7.11 Å². The van der Waals surface area contributed by atoms with E-state index in [1.807, 2.05) is 6.07 Å². The molecule has 1 atom stereocenters. The molecule has 0 aliphatic heterocycles. The van der Waals surface area contributed by atoms with E-state index in [4.69, 9.17) is 10.6 Å². The Morgan fingerprint density at radius 2 is 2.06 bits per heavy atom. The molecule has 0 heterocycles. The van der Waals surface area contributed by atoms with Gasteiger partial charge in [0.15, 0.2) is 11.6 Å². The average molecular weight is 254 g/mol. The standard InChI is InChI=1S/C14H23FN2O/c1-10(2)5-4-6-13(17-16)11-7-8-14(18-3)12(15)9-11/h7-10,13,17H,4-6,16H2,1-3H3. The largest absolute Gasteiger partial charge is 0.494 e. The van der Waals surface area contributed by atoms with E-state index in [0.717, 1.165) is 24.8 Å². The molecule has 4 heteroatoms. The Balaban J connectivity index is 2.67. The lowest BCUT2D eigenvalue weighted by molar-refractivity contribution is 0.384. The average Bonchev–Trinajstić information content (AvgIpc) is 2.34. The smallest absolute Gasteiger partial charge is 0.165 e. The van der Waals surface area contributed by atoms with Crippen molar-refractivity contribution in [3.8, 4) is 5.75 Å². The minimum atomic E-state index is -0.348. The molecule has 0 aromatic heterocycles. The normalized spacial score (nSPS) is 12.8. The van der Waals surface area contributed by atoms with Crippen molar-refractivity contribution >= 4 is 0 Å². The maximum Gasteiger partial charge on any atom is 0.165 e. The summed E-state index contributed by atoms with van der Waals surface area (Å²) in [5, 5.41) is 0. The van der Waals surface area contributed by atoms with E-state index >= 15 is 0 Å². The monoisotopic (exact) mass is 254 g/mol. The van der Waals surface area contributed by atoms with Crippen molar-refractivity contribution in [1.29, 1.82) is 0 Å². The minimum Gasteiger partial charge on any atom is -0.494 e. The molecule has 3 N–H and O–H groups in total. The molecule has 3 nitrogen and oxygen atoms in total. The van der Waals surface area contributed by atoms with Crippen LogP contribution in [0.25, 0.3) is 0 Å². The molecule has 0 aliphatic carbocycles. The fourth-order valence-corrected chi connectivity index (χ4v) is 1.98. The van der Waals surface area contributed by atoms with Crippen molar-refractivity contribution in [2.24, 2.45) is 11.8 Å². The van der Waals surface area contributed by atoms with Gasteiger partial charge in [0.25, 0.3) is 0 Å². The number of hydrazine groups is 1. The molecule has 0 spiro atoms. The predicted octanol–water partition coefficient (Wildman–Crippen LogP) is 3.17. The van der Waals surface area contributed by atoms with E-state index < -0.39 is 0 Å². The second-order valence-electron chi connectivity index (χ2n) is 4.94. The van der Waals surface area contributed by atoms with Gasteiger partial charge in [0.2, 0.25) is 0 Å². The molecule has 0 saturated heterocycles. The maximum atomic E-state index is 13.6. The highest BCUT2D eigenvalue weighted by atomic mass is 19.1. The van der Waals surface area contributed by atoms with E-state index in [-0.39, 0.29) is 17.6 Å². The van der Waals surface area contributed by atoms with E-state index in [9.17, 15) is 4.39 Å². The second kappa shape index (κ2) is 7.34. The Labute approximate surface area is 108 Å². The Kier molecular flexibility index (Phi) is 6.09. The summed E-state index contributed by atoms with van der Waals surface area (Å²) in [7, 11) is 1.46. The Hall–Kier alpha value is -1.13. The van der Waals surface area contributed by atoms with Gasteiger partial charge in [0, 0.05) is 6.04 Å². The van der Waals surface area contributed by atoms with Crippen molar-refractivity contribution in [3.63, 3.8) is 0 Å². The van der Waals surface area contributed by atoms with Crippen LogP contribution >= 0.6 is 0 Å². The summed E-state index contributed by atoms with van der Waals surface area (Å²) < 4.78 is 18.5. The first-order valence-electron chi connectivity index (χ1n) is 6.38. The first-order chi connectivity index (χ1) is 8.58. The highest BCUT2D eigenvalue weighted by Crippen LogP contribution is 2.25. The third-order valence-corrected chi connectivity index (χ3v) is 3.05. The van der Waals surface area contributed by atoms with Crippen LogP contribution in [0.4, 0.5) is 4.39 Å². The topological polar surface area (TPSA) is 47.3 Å². The number of nitrogens with two attached hydrogens (primary N) is 1. The Morgan fingerprint density at radius 1 is 1.33 bits per heavy atom.